The molecule has 0 aromatic heterocycles. The summed E-state index contributed by atoms with van der Waals surface area (Å²) < 4.78 is 14.9. The summed E-state index contributed by atoms with van der Waals surface area (Å²) in [5.41, 5.74) is 1.41. The Bertz CT molecular complexity index is 688. The Hall–Kier alpha value is -2.37. The second-order valence-electron chi connectivity index (χ2n) is 8.87. The fourth-order valence-corrected chi connectivity index (χ4v) is 3.78. The molecule has 1 saturated carbocycles. The second kappa shape index (κ2) is 8.97. The number of hydrogen-bond acceptors (Lipinski definition) is 6. The van der Waals surface area contributed by atoms with Gasteiger partial charge in [-0.15, -0.1) is 0 Å². The Balaban J connectivity index is 0.000000160. The molecule has 3 saturated heterocycles. The second-order valence-corrected chi connectivity index (χ2v) is 8.87. The van der Waals surface area contributed by atoms with E-state index < -0.39 is 0 Å². The van der Waals surface area contributed by atoms with Gasteiger partial charge in [-0.2, -0.15) is 0 Å². The van der Waals surface area contributed by atoms with Crippen LogP contribution in [0.15, 0.2) is 36.5 Å². The van der Waals surface area contributed by atoms with Crippen LogP contribution in [-0.4, -0.2) is 35.7 Å². The molecule has 0 aromatic carbocycles. The summed E-state index contributed by atoms with van der Waals surface area (Å²) in [5.74, 6) is -0.433. The minimum absolute atomic E-state index is 0.133. The van der Waals surface area contributed by atoms with Crippen LogP contribution in [0.3, 0.4) is 0 Å². The van der Waals surface area contributed by atoms with E-state index in [9.17, 15) is 14.4 Å². The van der Waals surface area contributed by atoms with Crippen molar-refractivity contribution >= 4 is 17.9 Å². The van der Waals surface area contributed by atoms with Gasteiger partial charge in [0.25, 0.3) is 0 Å². The summed E-state index contributed by atoms with van der Waals surface area (Å²) in [7, 11) is 0. The SMILES string of the molecule is C=C1C(=O)OCC1C.C=C1CC(C)(C)OC1=O.C=C1CC2(CCCCC2)OC1=O. The van der Waals surface area contributed by atoms with Crippen LogP contribution in [0.4, 0.5) is 0 Å². The maximum absolute atomic E-state index is 11.1. The first-order valence-electron chi connectivity index (χ1n) is 10.1. The average Bonchev–Trinajstić information content (AvgIpc) is 3.17. The molecule has 1 spiro atoms. The highest BCUT2D eigenvalue weighted by molar-refractivity contribution is 5.91. The summed E-state index contributed by atoms with van der Waals surface area (Å²) in [4.78, 5) is 32.3. The quantitative estimate of drug-likeness (QED) is 0.342. The summed E-state index contributed by atoms with van der Waals surface area (Å²) in [5, 5.41) is 0. The Labute approximate surface area is 173 Å². The number of rotatable bonds is 0. The molecule has 6 heteroatoms. The van der Waals surface area contributed by atoms with E-state index in [1.165, 1.54) is 19.3 Å². The molecule has 0 aromatic rings. The van der Waals surface area contributed by atoms with Gasteiger partial charge in [0.15, 0.2) is 0 Å². The van der Waals surface area contributed by atoms with E-state index in [4.69, 9.17) is 9.47 Å². The van der Waals surface area contributed by atoms with Crippen LogP contribution in [0.5, 0.6) is 0 Å². The minimum Gasteiger partial charge on any atom is -0.462 e. The number of carbonyl (C=O) groups is 3. The molecule has 0 radical (unpaired) electrons. The van der Waals surface area contributed by atoms with Crippen molar-refractivity contribution in [3.63, 3.8) is 0 Å². The van der Waals surface area contributed by atoms with E-state index >= 15 is 0 Å². The lowest BCUT2D eigenvalue weighted by atomic mass is 9.82. The van der Waals surface area contributed by atoms with Gasteiger partial charge in [-0.1, -0.05) is 33.1 Å². The average molecular weight is 405 g/mol. The monoisotopic (exact) mass is 404 g/mol. The van der Waals surface area contributed by atoms with Crippen LogP contribution in [0.25, 0.3) is 0 Å². The minimum atomic E-state index is -0.311. The molecule has 6 nitrogen and oxygen atoms in total. The molecule has 0 amide bonds. The zero-order valence-electron chi connectivity index (χ0n) is 17.8. The first kappa shape index (κ1) is 22.9. The standard InChI is InChI=1S/C10H14O2.C7H10O2.C6H8O2/c1-8-7-10(12-9(8)11)5-3-2-4-6-10;1-5-4-7(2,3)9-6(5)8;1-4-3-8-6(7)5(4)2/h1-7H2;1,4H2,2-3H3;4H,2-3H2,1H3. The molecule has 160 valence electrons. The maximum Gasteiger partial charge on any atom is 0.334 e. The normalized spacial score (nSPS) is 26.8. The van der Waals surface area contributed by atoms with Crippen molar-refractivity contribution in [3.05, 3.63) is 36.5 Å². The molecular formula is C23H32O6. The molecular weight excluding hydrogens is 372 g/mol. The molecule has 1 aliphatic carbocycles. The highest BCUT2D eigenvalue weighted by Gasteiger charge is 2.43. The predicted molar refractivity (Wildman–Crippen MR) is 109 cm³/mol. The molecule has 4 rings (SSSR count). The van der Waals surface area contributed by atoms with Crippen LogP contribution in [-0.2, 0) is 28.6 Å². The zero-order valence-corrected chi connectivity index (χ0v) is 17.8. The van der Waals surface area contributed by atoms with E-state index in [1.54, 1.807) is 0 Å². The summed E-state index contributed by atoms with van der Waals surface area (Å²) in [6, 6.07) is 0. The molecule has 0 bridgehead atoms. The van der Waals surface area contributed by atoms with Gasteiger partial charge in [0.05, 0.1) is 6.61 Å². The molecule has 4 fully saturated rings. The Morgan fingerprint density at radius 3 is 1.66 bits per heavy atom. The first-order valence-corrected chi connectivity index (χ1v) is 10.1. The van der Waals surface area contributed by atoms with E-state index in [0.717, 1.165) is 19.3 Å². The van der Waals surface area contributed by atoms with Crippen LogP contribution in [0.2, 0.25) is 0 Å². The van der Waals surface area contributed by atoms with E-state index in [2.05, 4.69) is 24.5 Å². The Morgan fingerprint density at radius 2 is 1.38 bits per heavy atom. The third-order valence-corrected chi connectivity index (χ3v) is 5.52. The van der Waals surface area contributed by atoms with Gasteiger partial charge in [-0.3, -0.25) is 0 Å². The molecule has 1 atom stereocenters. The van der Waals surface area contributed by atoms with Gasteiger partial charge in [-0.05, 0) is 39.5 Å². The molecule has 0 N–H and O–H groups in total. The number of esters is 3. The predicted octanol–water partition coefficient (Wildman–Crippen LogP) is 4.20. The van der Waals surface area contributed by atoms with E-state index in [-0.39, 0.29) is 35.0 Å². The number of hydrogen-bond donors (Lipinski definition) is 0. The highest BCUT2D eigenvalue weighted by atomic mass is 16.6. The van der Waals surface area contributed by atoms with E-state index in [1.807, 2.05) is 20.8 Å². The van der Waals surface area contributed by atoms with Crippen molar-refractivity contribution in [3.8, 4) is 0 Å². The van der Waals surface area contributed by atoms with Crippen LogP contribution < -0.4 is 0 Å². The highest BCUT2D eigenvalue weighted by Crippen LogP contribution is 2.41. The summed E-state index contributed by atoms with van der Waals surface area (Å²) in [6.45, 7) is 17.0. The topological polar surface area (TPSA) is 78.9 Å². The third kappa shape index (κ3) is 6.05. The van der Waals surface area contributed by atoms with Gasteiger partial charge in [0.1, 0.15) is 11.2 Å². The fourth-order valence-electron chi connectivity index (χ4n) is 3.78. The molecule has 4 aliphatic rings. The number of cyclic esters (lactones) is 2. The van der Waals surface area contributed by atoms with Crippen molar-refractivity contribution < 1.29 is 28.6 Å². The summed E-state index contributed by atoms with van der Waals surface area (Å²) >= 11 is 0. The van der Waals surface area contributed by atoms with Crippen molar-refractivity contribution in [2.45, 2.75) is 76.9 Å². The van der Waals surface area contributed by atoms with Crippen molar-refractivity contribution in [1.29, 1.82) is 0 Å². The van der Waals surface area contributed by atoms with Crippen molar-refractivity contribution in [1.82, 2.24) is 0 Å². The zero-order chi connectivity index (χ0) is 21.8. The van der Waals surface area contributed by atoms with Gasteiger partial charge in [0, 0.05) is 35.5 Å². The lowest BCUT2D eigenvalue weighted by Gasteiger charge is -2.31. The van der Waals surface area contributed by atoms with Crippen molar-refractivity contribution in [2.24, 2.45) is 5.92 Å². The smallest absolute Gasteiger partial charge is 0.334 e. The third-order valence-electron chi connectivity index (χ3n) is 5.52. The number of carbonyl (C=O) groups excluding carboxylic acids is 3. The van der Waals surface area contributed by atoms with Gasteiger partial charge >= 0.3 is 17.9 Å². The Kier molecular flexibility index (Phi) is 7.09. The fraction of sp³-hybridized carbons (Fsp3) is 0.609. The van der Waals surface area contributed by atoms with Crippen LogP contribution in [0, 0.1) is 5.92 Å². The Morgan fingerprint density at radius 1 is 0.828 bits per heavy atom. The van der Waals surface area contributed by atoms with Crippen molar-refractivity contribution in [2.75, 3.05) is 6.61 Å². The van der Waals surface area contributed by atoms with Gasteiger partial charge < -0.3 is 14.2 Å². The number of ether oxygens (including phenoxy) is 3. The maximum atomic E-state index is 11.1. The lowest BCUT2D eigenvalue weighted by molar-refractivity contribution is -0.149. The van der Waals surface area contributed by atoms with Crippen LogP contribution >= 0.6 is 0 Å². The molecule has 3 heterocycles. The van der Waals surface area contributed by atoms with Crippen LogP contribution in [0.1, 0.15) is 65.7 Å². The molecule has 3 aliphatic heterocycles. The lowest BCUT2D eigenvalue weighted by Crippen LogP contribution is -2.30. The first-order chi connectivity index (χ1) is 13.4. The molecule has 29 heavy (non-hydrogen) atoms. The summed E-state index contributed by atoms with van der Waals surface area (Å²) in [6.07, 6.45) is 7.18. The largest absolute Gasteiger partial charge is 0.462 e. The molecule has 1 unspecified atom stereocenters. The van der Waals surface area contributed by atoms with E-state index in [0.29, 0.717) is 29.7 Å². The van der Waals surface area contributed by atoms with Gasteiger partial charge in [-0.25, -0.2) is 14.4 Å². The van der Waals surface area contributed by atoms with Gasteiger partial charge in [0.2, 0.25) is 0 Å².